The van der Waals surface area contributed by atoms with Crippen LogP contribution in [0.3, 0.4) is 0 Å². The number of hydrogen-bond acceptors (Lipinski definition) is 8. The molecule has 0 saturated carbocycles. The summed E-state index contributed by atoms with van der Waals surface area (Å²) >= 11 is 0. The van der Waals surface area contributed by atoms with Gasteiger partial charge in [-0.25, -0.2) is 4.79 Å². The zero-order valence-corrected chi connectivity index (χ0v) is 13.8. The molecule has 10 heteroatoms. The van der Waals surface area contributed by atoms with E-state index in [1.54, 1.807) is 6.92 Å². The van der Waals surface area contributed by atoms with Gasteiger partial charge in [-0.2, -0.15) is 0 Å². The molecule has 1 aromatic carbocycles. The van der Waals surface area contributed by atoms with E-state index in [-0.39, 0.29) is 24.1 Å². The van der Waals surface area contributed by atoms with Crippen molar-refractivity contribution in [3.8, 4) is 5.75 Å². The molecular weight excluding hydrogens is 336 g/mol. The highest BCUT2D eigenvalue weighted by atomic mass is 16.8. The number of nitro benzene ring substituents is 1. The number of amides is 2. The molecule has 10 nitrogen and oxygen atoms in total. The summed E-state index contributed by atoms with van der Waals surface area (Å²) in [7, 11) is 1.41. The summed E-state index contributed by atoms with van der Waals surface area (Å²) in [6.45, 7) is 3.03. The van der Waals surface area contributed by atoms with Crippen molar-refractivity contribution in [3.63, 3.8) is 0 Å². The number of nitro groups is 1. The van der Waals surface area contributed by atoms with Gasteiger partial charge in [-0.3, -0.25) is 24.5 Å². The second-order valence-corrected chi connectivity index (χ2v) is 5.32. The SMILES string of the molecule is COc1cc(C(C)OC(=O)ON2C(=O)CCC2=O)c([N+](=O)[O-])cc1C. The largest absolute Gasteiger partial charge is 0.534 e. The fourth-order valence-corrected chi connectivity index (χ4v) is 2.35. The van der Waals surface area contributed by atoms with Crippen molar-refractivity contribution in [1.29, 1.82) is 0 Å². The van der Waals surface area contributed by atoms with Gasteiger partial charge in [0.15, 0.2) is 0 Å². The summed E-state index contributed by atoms with van der Waals surface area (Å²) in [5, 5.41) is 11.6. The third-order valence-electron chi connectivity index (χ3n) is 3.62. The van der Waals surface area contributed by atoms with Gasteiger partial charge in [0.1, 0.15) is 11.9 Å². The Morgan fingerprint density at radius 1 is 1.28 bits per heavy atom. The van der Waals surface area contributed by atoms with E-state index in [0.29, 0.717) is 16.4 Å². The molecular formula is C15H16N2O8. The minimum atomic E-state index is -1.31. The van der Waals surface area contributed by atoms with Gasteiger partial charge in [0.25, 0.3) is 17.5 Å². The van der Waals surface area contributed by atoms with Gasteiger partial charge >= 0.3 is 6.16 Å². The predicted octanol–water partition coefficient (Wildman–Crippen LogP) is 2.19. The third kappa shape index (κ3) is 3.84. The van der Waals surface area contributed by atoms with Gasteiger partial charge in [-0.1, -0.05) is 5.06 Å². The molecule has 0 bridgehead atoms. The van der Waals surface area contributed by atoms with Crippen molar-refractivity contribution in [2.45, 2.75) is 32.8 Å². The summed E-state index contributed by atoms with van der Waals surface area (Å²) in [4.78, 5) is 49.8. The zero-order chi connectivity index (χ0) is 18.7. The van der Waals surface area contributed by atoms with Crippen LogP contribution in [0.5, 0.6) is 5.75 Å². The highest BCUT2D eigenvalue weighted by Gasteiger charge is 2.34. The van der Waals surface area contributed by atoms with Crippen LogP contribution < -0.4 is 4.74 Å². The lowest BCUT2D eigenvalue weighted by Gasteiger charge is -2.17. The van der Waals surface area contributed by atoms with Crippen molar-refractivity contribution in [1.82, 2.24) is 5.06 Å². The summed E-state index contributed by atoms with van der Waals surface area (Å²) < 4.78 is 10.1. The number of ether oxygens (including phenoxy) is 2. The van der Waals surface area contributed by atoms with E-state index in [9.17, 15) is 24.5 Å². The monoisotopic (exact) mass is 352 g/mol. The molecule has 1 atom stereocenters. The Morgan fingerprint density at radius 3 is 2.40 bits per heavy atom. The number of methoxy groups -OCH3 is 1. The number of hydrogen-bond donors (Lipinski definition) is 0. The molecule has 1 aliphatic rings. The maximum absolute atomic E-state index is 11.8. The van der Waals surface area contributed by atoms with Crippen molar-refractivity contribution in [2.75, 3.05) is 7.11 Å². The normalized spacial score (nSPS) is 15.1. The number of carbonyl (C=O) groups is 3. The van der Waals surface area contributed by atoms with Gasteiger partial charge in [-0.15, -0.1) is 0 Å². The minimum Gasteiger partial charge on any atom is -0.496 e. The number of rotatable bonds is 5. The first kappa shape index (κ1) is 18.2. The molecule has 1 saturated heterocycles. The van der Waals surface area contributed by atoms with Crippen molar-refractivity contribution in [3.05, 3.63) is 33.4 Å². The fourth-order valence-electron chi connectivity index (χ4n) is 2.35. The summed E-state index contributed by atoms with van der Waals surface area (Å²) in [5.41, 5.74) is 0.372. The number of imide groups is 1. The highest BCUT2D eigenvalue weighted by molar-refractivity contribution is 6.01. The number of benzene rings is 1. The summed E-state index contributed by atoms with van der Waals surface area (Å²) in [5.74, 6) is -0.926. The molecule has 2 amide bonds. The average molecular weight is 352 g/mol. The van der Waals surface area contributed by atoms with E-state index >= 15 is 0 Å². The maximum atomic E-state index is 11.8. The van der Waals surface area contributed by atoms with E-state index in [4.69, 9.17) is 9.47 Å². The van der Waals surface area contributed by atoms with Gasteiger partial charge < -0.3 is 9.47 Å². The number of aryl methyl sites for hydroxylation is 1. The van der Waals surface area contributed by atoms with Crippen LogP contribution in [-0.2, 0) is 19.2 Å². The number of carbonyl (C=O) groups excluding carboxylic acids is 3. The van der Waals surface area contributed by atoms with E-state index in [0.717, 1.165) is 0 Å². The van der Waals surface area contributed by atoms with E-state index in [2.05, 4.69) is 4.84 Å². The predicted molar refractivity (Wildman–Crippen MR) is 81.5 cm³/mol. The molecule has 134 valence electrons. The lowest BCUT2D eigenvalue weighted by Crippen LogP contribution is -2.32. The van der Waals surface area contributed by atoms with Crippen LogP contribution in [-0.4, -0.2) is 35.1 Å². The van der Waals surface area contributed by atoms with Crippen LogP contribution in [0.25, 0.3) is 0 Å². The quantitative estimate of drug-likeness (QED) is 0.342. The Kier molecular flexibility index (Phi) is 5.20. The Bertz CT molecular complexity index is 729. The Morgan fingerprint density at radius 2 is 1.88 bits per heavy atom. The Labute approximate surface area is 142 Å². The van der Waals surface area contributed by atoms with E-state index in [1.165, 1.54) is 26.2 Å². The fraction of sp³-hybridized carbons (Fsp3) is 0.400. The first-order chi connectivity index (χ1) is 11.7. The van der Waals surface area contributed by atoms with Crippen molar-refractivity contribution < 1.29 is 33.6 Å². The first-order valence-electron chi connectivity index (χ1n) is 7.32. The number of nitrogens with zero attached hydrogens (tertiary/aromatic N) is 2. The molecule has 2 rings (SSSR count). The zero-order valence-electron chi connectivity index (χ0n) is 13.8. The molecule has 1 heterocycles. The average Bonchev–Trinajstić information content (AvgIpc) is 2.86. The molecule has 0 radical (unpaired) electrons. The molecule has 1 aromatic rings. The van der Waals surface area contributed by atoms with Gasteiger partial charge in [-0.05, 0) is 25.5 Å². The standard InChI is InChI=1S/C15H16N2O8/c1-8-6-11(17(21)22)10(7-12(8)23-3)9(2)24-15(20)25-16-13(18)4-5-14(16)19/h6-7,9H,4-5H2,1-3H3. The van der Waals surface area contributed by atoms with Gasteiger partial charge in [0.2, 0.25) is 0 Å². The topological polar surface area (TPSA) is 125 Å². The van der Waals surface area contributed by atoms with Crippen LogP contribution in [0, 0.1) is 17.0 Å². The van der Waals surface area contributed by atoms with Crippen molar-refractivity contribution >= 4 is 23.7 Å². The van der Waals surface area contributed by atoms with Crippen LogP contribution in [0.15, 0.2) is 12.1 Å². The highest BCUT2D eigenvalue weighted by Crippen LogP contribution is 2.34. The molecule has 1 fully saturated rings. The summed E-state index contributed by atoms with van der Waals surface area (Å²) in [6, 6.07) is 2.68. The Hall–Kier alpha value is -3.17. The number of hydroxylamine groups is 2. The lowest BCUT2D eigenvalue weighted by molar-refractivity contribution is -0.386. The van der Waals surface area contributed by atoms with Gasteiger partial charge in [0, 0.05) is 18.9 Å². The van der Waals surface area contributed by atoms with Crippen LogP contribution in [0.4, 0.5) is 10.5 Å². The van der Waals surface area contributed by atoms with Crippen LogP contribution >= 0.6 is 0 Å². The Balaban J connectivity index is 2.18. The van der Waals surface area contributed by atoms with Crippen LogP contribution in [0.1, 0.15) is 37.0 Å². The molecule has 0 aromatic heterocycles. The van der Waals surface area contributed by atoms with E-state index in [1.807, 2.05) is 0 Å². The molecule has 0 spiro atoms. The summed E-state index contributed by atoms with van der Waals surface area (Å²) in [6.07, 6.45) is -2.50. The van der Waals surface area contributed by atoms with Crippen molar-refractivity contribution in [2.24, 2.45) is 0 Å². The van der Waals surface area contributed by atoms with E-state index < -0.39 is 29.0 Å². The maximum Gasteiger partial charge on any atom is 0.534 e. The second-order valence-electron chi connectivity index (χ2n) is 5.32. The first-order valence-corrected chi connectivity index (χ1v) is 7.32. The molecule has 25 heavy (non-hydrogen) atoms. The van der Waals surface area contributed by atoms with Crippen LogP contribution in [0.2, 0.25) is 0 Å². The second kappa shape index (κ2) is 7.16. The molecule has 1 aliphatic heterocycles. The van der Waals surface area contributed by atoms with Gasteiger partial charge in [0.05, 0.1) is 17.6 Å². The minimum absolute atomic E-state index is 0.0533. The molecule has 0 N–H and O–H groups in total. The third-order valence-corrected chi connectivity index (χ3v) is 3.62. The molecule has 0 aliphatic carbocycles. The lowest BCUT2D eigenvalue weighted by atomic mass is 10.0. The smallest absolute Gasteiger partial charge is 0.496 e. The molecule has 1 unspecified atom stereocenters.